The Bertz CT molecular complexity index is 1200. The summed E-state index contributed by atoms with van der Waals surface area (Å²) >= 11 is 7.81. The smallest absolute Gasteiger partial charge is 0.475 e. The number of rotatable bonds is 4. The van der Waals surface area contributed by atoms with Gasteiger partial charge in [-0.2, -0.15) is 13.2 Å². The van der Waals surface area contributed by atoms with E-state index in [-0.39, 0.29) is 17.0 Å². The van der Waals surface area contributed by atoms with Crippen molar-refractivity contribution in [2.45, 2.75) is 43.9 Å². The van der Waals surface area contributed by atoms with E-state index >= 15 is 0 Å². The van der Waals surface area contributed by atoms with Crippen molar-refractivity contribution in [2.24, 2.45) is 16.6 Å². The molecule has 200 valence electrons. The number of carbonyl (C=O) groups is 2. The second kappa shape index (κ2) is 12.0. The molecule has 4 rings (SSSR count). The number of allylic oxidation sites excluding steroid dienone is 1. The number of nitrogens with zero attached hydrogens (tertiary/aromatic N) is 2. The molecular formula is C23H23ClF4N4O4S. The molecule has 4 N–H and O–H groups in total. The van der Waals surface area contributed by atoms with Crippen LogP contribution in [0.25, 0.3) is 0 Å². The molecule has 14 heteroatoms. The third-order valence-corrected chi connectivity index (χ3v) is 6.90. The van der Waals surface area contributed by atoms with Gasteiger partial charge in [0.15, 0.2) is 10.8 Å². The quantitative estimate of drug-likeness (QED) is 0.367. The van der Waals surface area contributed by atoms with Crippen molar-refractivity contribution in [3.8, 4) is 0 Å². The first-order chi connectivity index (χ1) is 17.4. The number of aliphatic imine (C=N–C) groups is 1. The third-order valence-electron chi connectivity index (χ3n) is 5.79. The Balaban J connectivity index is 0.000000479. The number of thiazole rings is 1. The lowest BCUT2D eigenvalue weighted by Crippen LogP contribution is -2.39. The molecule has 2 heterocycles. The van der Waals surface area contributed by atoms with E-state index in [0.29, 0.717) is 22.0 Å². The van der Waals surface area contributed by atoms with Gasteiger partial charge in [0.25, 0.3) is 0 Å². The number of nitrogens with two attached hydrogens (primary N) is 1. The molecule has 0 saturated heterocycles. The summed E-state index contributed by atoms with van der Waals surface area (Å²) in [5.74, 6) is -3.03. The number of benzene rings is 1. The molecule has 1 aromatic carbocycles. The van der Waals surface area contributed by atoms with Gasteiger partial charge >= 0.3 is 18.1 Å². The Morgan fingerprint density at radius 1 is 1.24 bits per heavy atom. The number of esters is 1. The number of alkyl halides is 3. The molecule has 1 atom stereocenters. The highest BCUT2D eigenvalue weighted by atomic mass is 35.5. The number of carboxylic acids is 1. The van der Waals surface area contributed by atoms with Crippen molar-refractivity contribution < 1.29 is 37.0 Å². The van der Waals surface area contributed by atoms with Crippen LogP contribution < -0.4 is 11.1 Å². The van der Waals surface area contributed by atoms with Crippen LogP contribution >= 0.6 is 22.9 Å². The maximum absolute atomic E-state index is 13.7. The number of methoxy groups -OCH3 is 1. The van der Waals surface area contributed by atoms with E-state index in [2.05, 4.69) is 10.3 Å². The second-order valence-electron chi connectivity index (χ2n) is 8.24. The van der Waals surface area contributed by atoms with Crippen molar-refractivity contribution in [1.82, 2.24) is 10.3 Å². The van der Waals surface area contributed by atoms with E-state index in [1.165, 1.54) is 30.6 Å². The normalized spacial score (nSPS) is 21.8. The number of aliphatic carboxylic acids is 1. The number of amidine groups is 1. The number of carboxylic acid groups (broad SMARTS) is 1. The minimum absolute atomic E-state index is 0.103. The zero-order chi connectivity index (χ0) is 27.3. The van der Waals surface area contributed by atoms with Gasteiger partial charge in [0, 0.05) is 33.9 Å². The lowest BCUT2D eigenvalue weighted by atomic mass is 9.80. The lowest BCUT2D eigenvalue weighted by molar-refractivity contribution is -0.192. The van der Waals surface area contributed by atoms with Gasteiger partial charge in [-0.15, -0.1) is 11.3 Å². The number of carbonyl (C=O) groups excluding carboxylic acids is 1. The van der Waals surface area contributed by atoms with Gasteiger partial charge in [0.2, 0.25) is 0 Å². The van der Waals surface area contributed by atoms with Crippen LogP contribution in [-0.2, 0) is 14.3 Å². The summed E-state index contributed by atoms with van der Waals surface area (Å²) in [6.45, 7) is 0. The maximum Gasteiger partial charge on any atom is 0.490 e. The van der Waals surface area contributed by atoms with Crippen molar-refractivity contribution in [2.75, 3.05) is 7.11 Å². The van der Waals surface area contributed by atoms with Crippen LogP contribution in [-0.4, -0.2) is 47.2 Å². The van der Waals surface area contributed by atoms with Gasteiger partial charge in [0.05, 0.1) is 12.7 Å². The number of hydrogen-bond acceptors (Lipinski definition) is 8. The maximum atomic E-state index is 13.7. The van der Waals surface area contributed by atoms with Gasteiger partial charge in [-0.25, -0.2) is 19.0 Å². The minimum Gasteiger partial charge on any atom is -0.475 e. The number of aromatic nitrogens is 1. The second-order valence-corrected chi connectivity index (χ2v) is 9.54. The predicted octanol–water partition coefficient (Wildman–Crippen LogP) is 4.60. The Hall–Kier alpha value is -3.03. The monoisotopic (exact) mass is 562 g/mol. The molecule has 1 unspecified atom stereocenters. The van der Waals surface area contributed by atoms with E-state index in [1.807, 2.05) is 5.38 Å². The van der Waals surface area contributed by atoms with Crippen molar-refractivity contribution in [3.05, 3.63) is 62.5 Å². The fourth-order valence-electron chi connectivity index (χ4n) is 4.03. The van der Waals surface area contributed by atoms with E-state index in [9.17, 15) is 22.4 Å². The molecule has 1 aromatic heterocycles. The Morgan fingerprint density at radius 2 is 1.89 bits per heavy atom. The van der Waals surface area contributed by atoms with Crippen LogP contribution in [0.3, 0.4) is 0 Å². The van der Waals surface area contributed by atoms with E-state index in [0.717, 1.165) is 31.4 Å². The molecule has 37 heavy (non-hydrogen) atoms. The summed E-state index contributed by atoms with van der Waals surface area (Å²) in [7, 11) is 1.34. The van der Waals surface area contributed by atoms with Crippen LogP contribution in [0, 0.1) is 11.7 Å². The van der Waals surface area contributed by atoms with Crippen molar-refractivity contribution >= 4 is 40.7 Å². The lowest BCUT2D eigenvalue weighted by Gasteiger charge is -2.34. The number of halogens is 5. The highest BCUT2D eigenvalue weighted by molar-refractivity contribution is 7.11. The first kappa shape index (κ1) is 28.5. The summed E-state index contributed by atoms with van der Waals surface area (Å²) < 4.78 is 50.5. The van der Waals surface area contributed by atoms with Gasteiger partial charge in [-0.3, -0.25) is 4.99 Å². The Labute approximate surface area is 218 Å². The molecule has 1 saturated carbocycles. The van der Waals surface area contributed by atoms with Gasteiger partial charge < -0.3 is 20.9 Å². The topological polar surface area (TPSA) is 127 Å². The fourth-order valence-corrected chi connectivity index (χ4v) is 4.89. The van der Waals surface area contributed by atoms with Crippen LogP contribution in [0.15, 0.2) is 46.0 Å². The van der Waals surface area contributed by atoms with E-state index in [4.69, 9.17) is 37.0 Å². The highest BCUT2D eigenvalue weighted by Crippen LogP contribution is 2.40. The van der Waals surface area contributed by atoms with Gasteiger partial charge in [0.1, 0.15) is 11.9 Å². The highest BCUT2D eigenvalue weighted by Gasteiger charge is 2.38. The molecule has 0 amide bonds. The van der Waals surface area contributed by atoms with Crippen LogP contribution in [0.1, 0.15) is 42.3 Å². The average molecular weight is 563 g/mol. The first-order valence-corrected chi connectivity index (χ1v) is 12.3. The predicted molar refractivity (Wildman–Crippen MR) is 129 cm³/mol. The zero-order valence-electron chi connectivity index (χ0n) is 19.4. The third kappa shape index (κ3) is 7.05. The molecule has 8 nitrogen and oxygen atoms in total. The first-order valence-electron chi connectivity index (χ1n) is 11.0. The molecule has 0 spiro atoms. The molecule has 2 aliphatic rings. The zero-order valence-corrected chi connectivity index (χ0v) is 21.0. The molecular weight excluding hydrogens is 540 g/mol. The van der Waals surface area contributed by atoms with Crippen molar-refractivity contribution in [3.63, 3.8) is 0 Å². The minimum atomic E-state index is -5.08. The average Bonchev–Trinajstić information content (AvgIpc) is 3.38. The fraction of sp³-hybridized carbons (Fsp3) is 0.391. The molecule has 1 aliphatic carbocycles. The van der Waals surface area contributed by atoms with Crippen molar-refractivity contribution in [1.29, 1.82) is 0 Å². The molecule has 1 fully saturated rings. The SMILES string of the molecule is COC(=O)C1=C([C@H]2CC[C@@H](N)CC2)NC(c2nccs2)=NC1c1ccc(F)cc1Cl.O=C(O)C(F)(F)F. The molecule has 0 radical (unpaired) electrons. The van der Waals surface area contributed by atoms with E-state index < -0.39 is 30.0 Å². The summed E-state index contributed by atoms with van der Waals surface area (Å²) in [6, 6.07) is 3.55. The van der Waals surface area contributed by atoms with Gasteiger partial charge in [-0.05, 0) is 43.7 Å². The summed E-state index contributed by atoms with van der Waals surface area (Å²) in [4.78, 5) is 30.9. The van der Waals surface area contributed by atoms with Crippen LogP contribution in [0.5, 0.6) is 0 Å². The van der Waals surface area contributed by atoms with E-state index in [1.54, 1.807) is 12.3 Å². The molecule has 0 bridgehead atoms. The summed E-state index contributed by atoms with van der Waals surface area (Å²) in [6.07, 6.45) is 0.0486. The number of nitrogens with one attached hydrogen (secondary N) is 1. The molecule has 1 aliphatic heterocycles. The standard InChI is InChI=1S/C21H22ClFN4O2S.C2HF3O2/c1-29-21(28)16-17(11-2-5-13(24)6-3-11)26-19(20-25-8-9-30-20)27-18(16)14-7-4-12(23)10-15(14)22;3-2(4,5)1(6)7/h4,7-11,13,18H,2-3,5-6,24H2,1H3,(H,26,27);(H,6,7)/t11-,13+,18?;. The molecule has 2 aromatic rings. The number of ether oxygens (including phenoxy) is 1. The Kier molecular flexibility index (Phi) is 9.26. The van der Waals surface area contributed by atoms with Crippen LogP contribution in [0.4, 0.5) is 17.6 Å². The summed E-state index contributed by atoms with van der Waals surface area (Å²) in [5, 5.41) is 13.2. The summed E-state index contributed by atoms with van der Waals surface area (Å²) in [5.41, 5.74) is 7.79. The Morgan fingerprint density at radius 3 is 2.41 bits per heavy atom. The largest absolute Gasteiger partial charge is 0.490 e. The van der Waals surface area contributed by atoms with Crippen LogP contribution in [0.2, 0.25) is 5.02 Å². The van der Waals surface area contributed by atoms with Gasteiger partial charge in [-0.1, -0.05) is 17.7 Å². The number of hydrogen-bond donors (Lipinski definition) is 3.